The summed E-state index contributed by atoms with van der Waals surface area (Å²) in [5, 5.41) is 1.62. The molecule has 2 atom stereocenters. The molecule has 2 aromatic heterocycles. The number of aromatic nitrogens is 1. The topological polar surface area (TPSA) is 45.1 Å². The summed E-state index contributed by atoms with van der Waals surface area (Å²) in [5.41, 5.74) is 20.8. The molecule has 8 aromatic carbocycles. The highest BCUT2D eigenvalue weighted by molar-refractivity contribution is 8.08. The third-order valence-electron chi connectivity index (χ3n) is 17.3. The summed E-state index contributed by atoms with van der Waals surface area (Å²) < 4.78 is 27.5. The molecule has 2 unspecified atom stereocenters. The molecule has 2 saturated heterocycles. The third kappa shape index (κ3) is 8.89. The standard InChI is InChI=1S/C71H62N2O4S2/c1-3-23-53(24-4-1)72-61-29-9-7-27-57(61)67-63(72)45-65(78-67)49-31-33-55-56-34-32-50(66-46-64-68(79-66)58-28-8-10-30-62(58)73(64)54-25-5-2-6-26-54)44-60(56)71(59(55)43-49,35-13-11-17-47-19-15-21-51(41-47)69-74-37-38-75-69)36-14-12-18-48-20-16-22-52(42-48)70-76-39-40-77-70/h1-10,15-16,19-34,41-46,63,67,69-70H,11-14,17-18,35-40H2. The van der Waals surface area contributed by atoms with E-state index in [9.17, 15) is 0 Å². The van der Waals surface area contributed by atoms with Crippen LogP contribution >= 0.6 is 23.1 Å². The van der Waals surface area contributed by atoms with Crippen molar-refractivity contribution < 1.29 is 18.9 Å². The minimum Gasteiger partial charge on any atom is -0.346 e. The van der Waals surface area contributed by atoms with E-state index in [1.165, 1.54) is 98.0 Å². The summed E-state index contributed by atoms with van der Waals surface area (Å²) in [4.78, 5) is 5.25. The zero-order chi connectivity index (χ0) is 52.3. The zero-order valence-electron chi connectivity index (χ0n) is 44.3. The zero-order valence-corrected chi connectivity index (χ0v) is 45.9. The molecule has 1 aliphatic carbocycles. The molecular weight excluding hydrogens is 1010 g/mol. The fourth-order valence-corrected chi connectivity index (χ4v) is 16.3. The average Bonchev–Trinajstić information content (AvgIpc) is 4.58. The molecule has 0 saturated carbocycles. The van der Waals surface area contributed by atoms with Crippen molar-refractivity contribution in [1.29, 1.82) is 0 Å². The van der Waals surface area contributed by atoms with Crippen LogP contribution in [0.2, 0.25) is 0 Å². The normalized spacial score (nSPS) is 18.4. The molecule has 392 valence electrons. The van der Waals surface area contributed by atoms with Gasteiger partial charge in [0.1, 0.15) is 0 Å². The van der Waals surface area contributed by atoms with E-state index in [-0.39, 0.29) is 24.0 Å². The van der Waals surface area contributed by atoms with Gasteiger partial charge in [-0.25, -0.2) is 0 Å². The number of unbranched alkanes of at least 4 members (excludes halogenated alkanes) is 2. The number of rotatable bonds is 16. The van der Waals surface area contributed by atoms with Crippen LogP contribution in [0.5, 0.6) is 0 Å². The molecule has 6 nitrogen and oxygen atoms in total. The summed E-state index contributed by atoms with van der Waals surface area (Å²) in [5.74, 6) is 0. The van der Waals surface area contributed by atoms with Gasteiger partial charge in [0.2, 0.25) is 0 Å². The first kappa shape index (κ1) is 49.1. The van der Waals surface area contributed by atoms with Crippen molar-refractivity contribution in [2.75, 3.05) is 31.3 Å². The van der Waals surface area contributed by atoms with E-state index >= 15 is 0 Å². The van der Waals surface area contributed by atoms with Crippen LogP contribution in [0.15, 0.2) is 206 Å². The van der Waals surface area contributed by atoms with Gasteiger partial charge in [-0.15, -0.1) is 23.1 Å². The van der Waals surface area contributed by atoms with Crippen LogP contribution in [-0.4, -0.2) is 37.0 Å². The Bertz CT molecular complexity index is 3840. The number of hydrogen-bond acceptors (Lipinski definition) is 7. The molecule has 4 aliphatic heterocycles. The van der Waals surface area contributed by atoms with Crippen molar-refractivity contribution >= 4 is 60.5 Å². The van der Waals surface area contributed by atoms with E-state index < -0.39 is 0 Å². The van der Waals surface area contributed by atoms with Gasteiger partial charge >= 0.3 is 0 Å². The molecule has 0 N–H and O–H groups in total. The predicted octanol–water partition coefficient (Wildman–Crippen LogP) is 18.0. The van der Waals surface area contributed by atoms with E-state index in [1.807, 2.05) is 23.1 Å². The highest BCUT2D eigenvalue weighted by Crippen LogP contribution is 2.61. The Kier molecular flexibility index (Phi) is 13.0. The molecule has 79 heavy (non-hydrogen) atoms. The molecule has 8 heteroatoms. The molecular formula is C71H62N2O4S2. The fourth-order valence-electron chi connectivity index (χ4n) is 13.7. The first-order chi connectivity index (χ1) is 39.1. The first-order valence-corrected chi connectivity index (χ1v) is 30.2. The Morgan fingerprint density at radius 1 is 0.494 bits per heavy atom. The maximum atomic E-state index is 5.94. The Labute approximate surface area is 471 Å². The second-order valence-corrected chi connectivity index (χ2v) is 24.2. The number of ether oxygens (including phenoxy) is 4. The fraction of sp³-hybridized carbons (Fsp3) is 0.239. The SMILES string of the molecule is C1=C(c2ccc3c(c2)C(CCCCc2cccc(C4OCCO4)c2)(CCCCc2cccc(C4OCCO4)c2)c2cc(-c4cc5c(s4)c4ccccc4n5-c4ccccc4)ccc2-3)SC2c3ccccc3N(c3ccccc3)C12. The Morgan fingerprint density at radius 2 is 1.08 bits per heavy atom. The van der Waals surface area contributed by atoms with Gasteiger partial charge in [-0.2, -0.15) is 0 Å². The minimum atomic E-state index is -0.269. The van der Waals surface area contributed by atoms with Crippen molar-refractivity contribution in [3.63, 3.8) is 0 Å². The molecule has 0 bridgehead atoms. The summed E-state index contributed by atoms with van der Waals surface area (Å²) in [6.45, 7) is 2.58. The van der Waals surface area contributed by atoms with Crippen molar-refractivity contribution in [3.05, 3.63) is 251 Å². The van der Waals surface area contributed by atoms with Crippen molar-refractivity contribution in [3.8, 4) is 27.3 Å². The molecule has 15 rings (SSSR count). The van der Waals surface area contributed by atoms with E-state index in [4.69, 9.17) is 18.9 Å². The van der Waals surface area contributed by atoms with Crippen molar-refractivity contribution in [2.24, 2.45) is 0 Å². The van der Waals surface area contributed by atoms with Gasteiger partial charge in [-0.1, -0.05) is 158 Å². The smallest absolute Gasteiger partial charge is 0.184 e. The summed E-state index contributed by atoms with van der Waals surface area (Å²) in [6.07, 6.45) is 10.5. The van der Waals surface area contributed by atoms with Crippen LogP contribution in [0.1, 0.15) is 101 Å². The molecule has 2 fully saturated rings. The van der Waals surface area contributed by atoms with Gasteiger partial charge in [0.25, 0.3) is 0 Å². The van der Waals surface area contributed by atoms with Gasteiger partial charge in [-0.05, 0) is 149 Å². The Hall–Kier alpha value is -7.01. The van der Waals surface area contributed by atoms with E-state index in [1.54, 1.807) is 0 Å². The number of para-hydroxylation sites is 4. The van der Waals surface area contributed by atoms with Gasteiger partial charge in [-0.3, -0.25) is 0 Å². The number of anilines is 2. The first-order valence-electron chi connectivity index (χ1n) is 28.5. The lowest BCUT2D eigenvalue weighted by Crippen LogP contribution is -2.26. The lowest BCUT2D eigenvalue weighted by molar-refractivity contribution is -0.0443. The second kappa shape index (κ2) is 20.9. The Balaban J connectivity index is 0.826. The number of fused-ring (bicyclic) bond motifs is 9. The van der Waals surface area contributed by atoms with Gasteiger partial charge < -0.3 is 28.4 Å². The molecule has 0 amide bonds. The largest absolute Gasteiger partial charge is 0.346 e. The predicted molar refractivity (Wildman–Crippen MR) is 325 cm³/mol. The molecule has 10 aromatic rings. The van der Waals surface area contributed by atoms with E-state index in [2.05, 4.69) is 216 Å². The highest BCUT2D eigenvalue weighted by atomic mass is 32.2. The lowest BCUT2D eigenvalue weighted by Gasteiger charge is -2.33. The molecule has 5 aliphatic rings. The Morgan fingerprint density at radius 3 is 1.75 bits per heavy atom. The van der Waals surface area contributed by atoms with Crippen LogP contribution in [0.25, 0.3) is 53.3 Å². The maximum absolute atomic E-state index is 5.94. The van der Waals surface area contributed by atoms with Crippen LogP contribution in [0.4, 0.5) is 11.4 Å². The molecule has 0 radical (unpaired) electrons. The third-order valence-corrected chi connectivity index (χ3v) is 20.0. The number of aryl methyl sites for hydroxylation is 2. The summed E-state index contributed by atoms with van der Waals surface area (Å²) in [6, 6.07) is 75.3. The molecule has 0 spiro atoms. The minimum absolute atomic E-state index is 0.206. The highest BCUT2D eigenvalue weighted by Gasteiger charge is 2.45. The van der Waals surface area contributed by atoms with Crippen LogP contribution in [0, 0.1) is 0 Å². The monoisotopic (exact) mass is 1070 g/mol. The quantitative estimate of drug-likeness (QED) is 0.0899. The van der Waals surface area contributed by atoms with Gasteiger partial charge in [0, 0.05) is 48.8 Å². The second-order valence-electron chi connectivity index (χ2n) is 22.0. The summed E-state index contributed by atoms with van der Waals surface area (Å²) >= 11 is 3.98. The summed E-state index contributed by atoms with van der Waals surface area (Å²) in [7, 11) is 0. The van der Waals surface area contributed by atoms with E-state index in [0.29, 0.717) is 31.7 Å². The van der Waals surface area contributed by atoms with Crippen molar-refractivity contribution in [1.82, 2.24) is 4.57 Å². The van der Waals surface area contributed by atoms with Gasteiger partial charge in [0.15, 0.2) is 12.6 Å². The number of benzene rings is 8. The number of thioether (sulfide) groups is 1. The van der Waals surface area contributed by atoms with E-state index in [0.717, 1.165) is 62.5 Å². The number of nitrogens with zero attached hydrogens (tertiary/aromatic N) is 2. The van der Waals surface area contributed by atoms with Gasteiger partial charge in [0.05, 0.1) is 53.5 Å². The lowest BCUT2D eigenvalue weighted by atomic mass is 9.70. The van der Waals surface area contributed by atoms with Crippen LogP contribution < -0.4 is 4.90 Å². The van der Waals surface area contributed by atoms with Crippen LogP contribution in [0.3, 0.4) is 0 Å². The maximum Gasteiger partial charge on any atom is 0.184 e. The number of thiophene rings is 1. The molecule has 6 heterocycles. The van der Waals surface area contributed by atoms with Crippen LogP contribution in [-0.2, 0) is 37.2 Å². The average molecular weight is 1070 g/mol. The number of hydrogen-bond donors (Lipinski definition) is 0. The van der Waals surface area contributed by atoms with Crippen molar-refractivity contribution in [2.45, 2.75) is 80.7 Å².